The molecule has 0 spiro atoms. The van der Waals surface area contributed by atoms with E-state index in [0.29, 0.717) is 24.4 Å². The largest absolute Gasteiger partial charge is 0.494 e. The molecule has 3 aromatic rings. The standard InChI is InChI=1S/C25H28N2O4S/c1-3-31-24-14-8-7-10-20(24)11-9-19-26-25(28)21-15-17-22(18-16-21)27(2)32(29,30)23-12-5-4-6-13-23/h4-8,10,12-18H,3,9,11,19H2,1-2H3,(H,26,28). The Hall–Kier alpha value is -3.32. The molecule has 0 saturated carbocycles. The molecule has 0 radical (unpaired) electrons. The molecular formula is C25H28N2O4S. The first-order chi connectivity index (χ1) is 15.4. The third-order valence-electron chi connectivity index (χ3n) is 5.08. The highest BCUT2D eigenvalue weighted by atomic mass is 32.2. The van der Waals surface area contributed by atoms with Crippen LogP contribution in [0.5, 0.6) is 5.75 Å². The molecule has 0 aliphatic carbocycles. The highest BCUT2D eigenvalue weighted by Gasteiger charge is 2.21. The summed E-state index contributed by atoms with van der Waals surface area (Å²) in [4.78, 5) is 12.7. The molecule has 0 fully saturated rings. The molecule has 168 valence electrons. The lowest BCUT2D eigenvalue weighted by molar-refractivity contribution is 0.0953. The number of sulfonamides is 1. The van der Waals surface area contributed by atoms with Gasteiger partial charge in [-0.2, -0.15) is 0 Å². The van der Waals surface area contributed by atoms with Crippen molar-refractivity contribution < 1.29 is 17.9 Å². The molecule has 1 amide bonds. The van der Waals surface area contributed by atoms with Crippen molar-refractivity contribution in [1.29, 1.82) is 0 Å². The minimum absolute atomic E-state index is 0.191. The topological polar surface area (TPSA) is 75.7 Å². The number of aryl methyl sites for hydroxylation is 1. The van der Waals surface area contributed by atoms with Gasteiger partial charge in [0.05, 0.1) is 17.2 Å². The third kappa shape index (κ3) is 5.68. The first kappa shape index (κ1) is 23.3. The van der Waals surface area contributed by atoms with Crippen LogP contribution >= 0.6 is 0 Å². The average molecular weight is 453 g/mol. The smallest absolute Gasteiger partial charge is 0.264 e. The second-order valence-electron chi connectivity index (χ2n) is 7.23. The highest BCUT2D eigenvalue weighted by molar-refractivity contribution is 7.92. The number of carbonyl (C=O) groups is 1. The van der Waals surface area contributed by atoms with Crippen LogP contribution in [0.25, 0.3) is 0 Å². The van der Waals surface area contributed by atoms with Gasteiger partial charge in [0.2, 0.25) is 0 Å². The van der Waals surface area contributed by atoms with E-state index in [1.807, 2.05) is 31.2 Å². The summed E-state index contributed by atoms with van der Waals surface area (Å²) in [5.74, 6) is 0.690. The van der Waals surface area contributed by atoms with Crippen molar-refractivity contribution in [3.05, 3.63) is 90.0 Å². The maximum Gasteiger partial charge on any atom is 0.264 e. The van der Waals surface area contributed by atoms with Gasteiger partial charge in [0.15, 0.2) is 0 Å². The number of para-hydroxylation sites is 1. The fourth-order valence-corrected chi connectivity index (χ4v) is 4.52. The van der Waals surface area contributed by atoms with Crippen LogP contribution in [-0.2, 0) is 16.4 Å². The van der Waals surface area contributed by atoms with Crippen LogP contribution in [-0.4, -0.2) is 34.5 Å². The lowest BCUT2D eigenvalue weighted by atomic mass is 10.1. The van der Waals surface area contributed by atoms with Gasteiger partial charge in [-0.05, 0) is 67.8 Å². The first-order valence-corrected chi connectivity index (χ1v) is 12.0. The van der Waals surface area contributed by atoms with Crippen LogP contribution < -0.4 is 14.4 Å². The van der Waals surface area contributed by atoms with E-state index in [4.69, 9.17) is 4.74 Å². The summed E-state index contributed by atoms with van der Waals surface area (Å²) in [6, 6.07) is 22.7. The van der Waals surface area contributed by atoms with Crippen LogP contribution in [0.2, 0.25) is 0 Å². The summed E-state index contributed by atoms with van der Waals surface area (Å²) in [5, 5.41) is 2.91. The Balaban J connectivity index is 1.55. The summed E-state index contributed by atoms with van der Waals surface area (Å²) in [5.41, 5.74) is 2.09. The summed E-state index contributed by atoms with van der Waals surface area (Å²) in [7, 11) is -2.16. The van der Waals surface area contributed by atoms with E-state index in [-0.39, 0.29) is 10.8 Å². The highest BCUT2D eigenvalue weighted by Crippen LogP contribution is 2.22. The number of carbonyl (C=O) groups excluding carboxylic acids is 1. The van der Waals surface area contributed by atoms with Crippen LogP contribution in [0, 0.1) is 0 Å². The van der Waals surface area contributed by atoms with Gasteiger partial charge >= 0.3 is 0 Å². The molecular weight excluding hydrogens is 424 g/mol. The van der Waals surface area contributed by atoms with Crippen LogP contribution in [0.3, 0.4) is 0 Å². The first-order valence-electron chi connectivity index (χ1n) is 10.6. The van der Waals surface area contributed by atoms with Crippen LogP contribution in [0.4, 0.5) is 5.69 Å². The summed E-state index contributed by atoms with van der Waals surface area (Å²) in [6.45, 7) is 3.10. The Labute approximate surface area is 189 Å². The van der Waals surface area contributed by atoms with Crippen molar-refractivity contribution in [2.45, 2.75) is 24.7 Å². The maximum atomic E-state index is 12.7. The second kappa shape index (κ2) is 10.8. The second-order valence-corrected chi connectivity index (χ2v) is 9.20. The SMILES string of the molecule is CCOc1ccccc1CCCNC(=O)c1ccc(N(C)S(=O)(=O)c2ccccc2)cc1. The molecule has 32 heavy (non-hydrogen) atoms. The van der Waals surface area contributed by atoms with Crippen LogP contribution in [0.1, 0.15) is 29.3 Å². The molecule has 7 heteroatoms. The number of anilines is 1. The van der Waals surface area contributed by atoms with Gasteiger partial charge in [0, 0.05) is 19.2 Å². The molecule has 0 bridgehead atoms. The van der Waals surface area contributed by atoms with Crippen molar-refractivity contribution in [2.24, 2.45) is 0 Å². The molecule has 0 atom stereocenters. The maximum absolute atomic E-state index is 12.7. The van der Waals surface area contributed by atoms with E-state index >= 15 is 0 Å². The molecule has 0 aromatic heterocycles. The van der Waals surface area contributed by atoms with Gasteiger partial charge in [-0.25, -0.2) is 8.42 Å². The molecule has 0 unspecified atom stereocenters. The van der Waals surface area contributed by atoms with Gasteiger partial charge in [-0.1, -0.05) is 36.4 Å². The minimum atomic E-state index is -3.65. The van der Waals surface area contributed by atoms with E-state index in [2.05, 4.69) is 5.32 Å². The van der Waals surface area contributed by atoms with Gasteiger partial charge in [0.1, 0.15) is 5.75 Å². The summed E-state index contributed by atoms with van der Waals surface area (Å²) < 4.78 is 32.3. The predicted octanol–water partition coefficient (Wildman–Crippen LogP) is 4.27. The van der Waals surface area contributed by atoms with E-state index < -0.39 is 10.0 Å². The van der Waals surface area contributed by atoms with Gasteiger partial charge in [0.25, 0.3) is 15.9 Å². The Bertz CT molecular complexity index is 1130. The molecule has 0 saturated heterocycles. The number of nitrogens with one attached hydrogen (secondary N) is 1. The number of benzene rings is 3. The minimum Gasteiger partial charge on any atom is -0.494 e. The van der Waals surface area contributed by atoms with Crippen molar-refractivity contribution in [2.75, 3.05) is 24.5 Å². The third-order valence-corrected chi connectivity index (χ3v) is 6.88. The molecule has 1 N–H and O–H groups in total. The van der Waals surface area contributed by atoms with E-state index in [0.717, 1.165) is 24.2 Å². The number of hydrogen-bond acceptors (Lipinski definition) is 4. The molecule has 0 aliphatic rings. The molecule has 0 aliphatic heterocycles. The van der Waals surface area contributed by atoms with E-state index in [1.54, 1.807) is 54.6 Å². The lowest BCUT2D eigenvalue weighted by Crippen LogP contribution is -2.27. The van der Waals surface area contributed by atoms with Crippen molar-refractivity contribution in [3.8, 4) is 5.75 Å². The summed E-state index contributed by atoms with van der Waals surface area (Å²) >= 11 is 0. The fraction of sp³-hybridized carbons (Fsp3) is 0.240. The molecule has 3 rings (SSSR count). The Kier molecular flexibility index (Phi) is 7.89. The Morgan fingerprint density at radius 3 is 2.28 bits per heavy atom. The van der Waals surface area contributed by atoms with Gasteiger partial charge in [-0.3, -0.25) is 9.10 Å². The fourth-order valence-electron chi connectivity index (χ4n) is 3.30. The van der Waals surface area contributed by atoms with Crippen LogP contribution in [0.15, 0.2) is 83.8 Å². The zero-order valence-corrected chi connectivity index (χ0v) is 19.1. The van der Waals surface area contributed by atoms with E-state index in [1.165, 1.54) is 11.4 Å². The molecule has 0 heterocycles. The number of nitrogens with zero attached hydrogens (tertiary/aromatic N) is 1. The number of rotatable bonds is 10. The zero-order valence-electron chi connectivity index (χ0n) is 18.3. The summed E-state index contributed by atoms with van der Waals surface area (Å²) in [6.07, 6.45) is 1.59. The zero-order chi connectivity index (χ0) is 23.0. The number of amides is 1. The van der Waals surface area contributed by atoms with Gasteiger partial charge in [-0.15, -0.1) is 0 Å². The predicted molar refractivity (Wildman–Crippen MR) is 127 cm³/mol. The monoisotopic (exact) mass is 452 g/mol. The molecule has 6 nitrogen and oxygen atoms in total. The lowest BCUT2D eigenvalue weighted by Gasteiger charge is -2.19. The van der Waals surface area contributed by atoms with Gasteiger partial charge < -0.3 is 10.1 Å². The number of hydrogen-bond donors (Lipinski definition) is 1. The van der Waals surface area contributed by atoms with E-state index in [9.17, 15) is 13.2 Å². The Morgan fingerprint density at radius 1 is 0.938 bits per heavy atom. The average Bonchev–Trinajstić information content (AvgIpc) is 2.83. The number of ether oxygens (including phenoxy) is 1. The van der Waals surface area contributed by atoms with Crippen molar-refractivity contribution in [3.63, 3.8) is 0 Å². The van der Waals surface area contributed by atoms with Crippen molar-refractivity contribution >= 4 is 21.6 Å². The quantitative estimate of drug-likeness (QED) is 0.466. The molecule has 3 aromatic carbocycles. The van der Waals surface area contributed by atoms with Crippen molar-refractivity contribution in [1.82, 2.24) is 5.32 Å². The Morgan fingerprint density at radius 2 is 1.59 bits per heavy atom. The normalized spacial score (nSPS) is 11.1.